The van der Waals surface area contributed by atoms with E-state index >= 15 is 0 Å². The second kappa shape index (κ2) is 13.4. The monoisotopic (exact) mass is 381 g/mol. The first-order valence-corrected chi connectivity index (χ1v) is 8.44. The van der Waals surface area contributed by atoms with Gasteiger partial charge in [0.1, 0.15) is 5.75 Å². The van der Waals surface area contributed by atoms with Crippen molar-refractivity contribution in [3.63, 3.8) is 0 Å². The van der Waals surface area contributed by atoms with Gasteiger partial charge in [-0.3, -0.25) is 9.18 Å². The molecule has 2 rings (SSSR count). The molecule has 0 amide bonds. The fourth-order valence-electron chi connectivity index (χ4n) is 2.26. The van der Waals surface area contributed by atoms with Gasteiger partial charge in [0, 0.05) is 23.6 Å². The number of nitrogens with one attached hydrogen (secondary N) is 1. The van der Waals surface area contributed by atoms with Gasteiger partial charge in [-0.2, -0.15) is 0 Å². The molecule has 3 nitrogen and oxygen atoms in total. The molecule has 1 aromatic carbocycles. The number of alkyl halides is 3. The first kappa shape index (κ1) is 24.2. The van der Waals surface area contributed by atoms with Gasteiger partial charge in [0.15, 0.2) is 11.7 Å². The summed E-state index contributed by atoms with van der Waals surface area (Å²) < 4.78 is 40.0. The number of allylic oxidation sites excluding steroid dienone is 5. The molecule has 0 unspecified atom stereocenters. The molecule has 1 N–H and O–H groups in total. The standard InChI is InChI=1S/C18H17F2NO2.C2H6.CH3F/c1-3-6-12(4-2)15-8-5-7-13-9-14(22)10-17(23-18(13)15)21-11-16(19)20;2*1-2/h3-8,10,16,21H,1-2,9,11H2;1-2H3;1H3/b12-6+;;. The van der Waals surface area contributed by atoms with Crippen LogP contribution in [0.3, 0.4) is 0 Å². The van der Waals surface area contributed by atoms with E-state index < -0.39 is 13.0 Å². The van der Waals surface area contributed by atoms with Crippen LogP contribution in [0.2, 0.25) is 0 Å². The number of para-hydroxylation sites is 1. The van der Waals surface area contributed by atoms with Gasteiger partial charge in [-0.15, -0.1) is 0 Å². The Morgan fingerprint density at radius 1 is 1.30 bits per heavy atom. The summed E-state index contributed by atoms with van der Waals surface area (Å²) in [5, 5.41) is 2.45. The molecule has 27 heavy (non-hydrogen) atoms. The van der Waals surface area contributed by atoms with Crippen molar-refractivity contribution in [2.24, 2.45) is 0 Å². The van der Waals surface area contributed by atoms with Crippen LogP contribution in [-0.2, 0) is 11.2 Å². The van der Waals surface area contributed by atoms with Gasteiger partial charge in [0.25, 0.3) is 6.43 Å². The number of hydrogen-bond acceptors (Lipinski definition) is 3. The number of ether oxygens (including phenoxy) is 1. The van der Waals surface area contributed by atoms with Gasteiger partial charge in [-0.1, -0.05) is 63.4 Å². The molecule has 0 aliphatic carbocycles. The second-order valence-corrected chi connectivity index (χ2v) is 4.88. The van der Waals surface area contributed by atoms with Crippen LogP contribution in [0.25, 0.3) is 5.57 Å². The van der Waals surface area contributed by atoms with Crippen molar-refractivity contribution in [3.8, 4) is 5.75 Å². The van der Waals surface area contributed by atoms with Crippen molar-refractivity contribution in [1.82, 2.24) is 5.32 Å². The van der Waals surface area contributed by atoms with E-state index in [1.165, 1.54) is 6.08 Å². The molecule has 148 valence electrons. The topological polar surface area (TPSA) is 38.3 Å². The minimum atomic E-state index is -2.54. The highest BCUT2D eigenvalue weighted by molar-refractivity contribution is 5.93. The summed E-state index contributed by atoms with van der Waals surface area (Å²) in [7, 11) is 0.500. The molecular weight excluding hydrogens is 355 g/mol. The van der Waals surface area contributed by atoms with E-state index in [2.05, 4.69) is 18.5 Å². The number of ketones is 1. The number of rotatable bonds is 6. The van der Waals surface area contributed by atoms with Crippen molar-refractivity contribution in [3.05, 3.63) is 72.7 Å². The Labute approximate surface area is 158 Å². The lowest BCUT2D eigenvalue weighted by molar-refractivity contribution is -0.114. The lowest BCUT2D eigenvalue weighted by Crippen LogP contribution is -2.24. The summed E-state index contributed by atoms with van der Waals surface area (Å²) in [4.78, 5) is 11.9. The normalized spacial score (nSPS) is 12.8. The van der Waals surface area contributed by atoms with E-state index in [1.54, 1.807) is 24.3 Å². The Balaban J connectivity index is 0.00000158. The Morgan fingerprint density at radius 3 is 2.52 bits per heavy atom. The number of carbonyl (C=O) groups is 1. The van der Waals surface area contributed by atoms with Gasteiger partial charge >= 0.3 is 0 Å². The van der Waals surface area contributed by atoms with Crippen LogP contribution in [-0.4, -0.2) is 25.9 Å². The number of benzene rings is 1. The quantitative estimate of drug-likeness (QED) is 0.684. The zero-order valence-corrected chi connectivity index (χ0v) is 15.9. The molecule has 6 heteroatoms. The third kappa shape index (κ3) is 7.56. The fraction of sp³-hybridized carbons (Fsp3) is 0.286. The minimum absolute atomic E-state index is 0.0171. The maximum Gasteiger partial charge on any atom is 0.255 e. The Kier molecular flexibility index (Phi) is 12.1. The maximum atomic E-state index is 12.4. The van der Waals surface area contributed by atoms with E-state index in [-0.39, 0.29) is 18.1 Å². The van der Waals surface area contributed by atoms with Crippen LogP contribution in [0.1, 0.15) is 25.0 Å². The molecule has 0 fully saturated rings. The molecule has 0 atom stereocenters. The van der Waals surface area contributed by atoms with Gasteiger partial charge in [0.05, 0.1) is 13.7 Å². The Morgan fingerprint density at radius 2 is 1.96 bits per heavy atom. The van der Waals surface area contributed by atoms with Crippen molar-refractivity contribution >= 4 is 11.4 Å². The third-order valence-electron chi connectivity index (χ3n) is 3.22. The maximum absolute atomic E-state index is 12.4. The Hall–Kier alpha value is -2.76. The van der Waals surface area contributed by atoms with Gasteiger partial charge in [0.2, 0.25) is 0 Å². The van der Waals surface area contributed by atoms with Gasteiger partial charge in [-0.05, 0) is 5.57 Å². The first-order chi connectivity index (χ1) is 13.0. The average molecular weight is 381 g/mol. The zero-order chi connectivity index (χ0) is 20.8. The molecular formula is C21H26F3NO2. The molecule has 1 aromatic rings. The van der Waals surface area contributed by atoms with Crippen molar-refractivity contribution in [2.45, 2.75) is 26.7 Å². The first-order valence-electron chi connectivity index (χ1n) is 8.44. The van der Waals surface area contributed by atoms with Crippen LogP contribution in [0.5, 0.6) is 5.75 Å². The van der Waals surface area contributed by atoms with Crippen molar-refractivity contribution in [2.75, 3.05) is 13.7 Å². The number of carbonyl (C=O) groups excluding carboxylic acids is 1. The smallest absolute Gasteiger partial charge is 0.255 e. The highest BCUT2D eigenvalue weighted by atomic mass is 19.3. The summed E-state index contributed by atoms with van der Waals surface area (Å²) in [6, 6.07) is 5.40. The lowest BCUT2D eigenvalue weighted by atomic mass is 9.99. The minimum Gasteiger partial charge on any atom is -0.440 e. The molecule has 0 bridgehead atoms. The summed E-state index contributed by atoms with van der Waals surface area (Å²) >= 11 is 0. The van der Waals surface area contributed by atoms with E-state index in [9.17, 15) is 18.0 Å². The van der Waals surface area contributed by atoms with E-state index in [1.807, 2.05) is 26.0 Å². The second-order valence-electron chi connectivity index (χ2n) is 4.88. The highest BCUT2D eigenvalue weighted by Crippen LogP contribution is 2.33. The summed E-state index contributed by atoms with van der Waals surface area (Å²) in [5.74, 6) is 0.258. The highest BCUT2D eigenvalue weighted by Gasteiger charge is 2.20. The predicted molar refractivity (Wildman–Crippen MR) is 105 cm³/mol. The van der Waals surface area contributed by atoms with E-state index in [0.29, 0.717) is 18.5 Å². The number of halogens is 3. The van der Waals surface area contributed by atoms with E-state index in [0.717, 1.165) is 11.1 Å². The molecule has 1 aliphatic heterocycles. The summed E-state index contributed by atoms with van der Waals surface area (Å²) in [5.41, 5.74) is 2.17. The van der Waals surface area contributed by atoms with Crippen LogP contribution >= 0.6 is 0 Å². The largest absolute Gasteiger partial charge is 0.440 e. The fourth-order valence-corrected chi connectivity index (χ4v) is 2.26. The molecule has 0 saturated heterocycles. The molecule has 1 aliphatic rings. The van der Waals surface area contributed by atoms with Crippen molar-refractivity contribution in [1.29, 1.82) is 0 Å². The van der Waals surface area contributed by atoms with E-state index in [4.69, 9.17) is 4.74 Å². The van der Waals surface area contributed by atoms with Crippen LogP contribution in [0, 0.1) is 0 Å². The van der Waals surface area contributed by atoms with Crippen LogP contribution < -0.4 is 10.1 Å². The molecule has 1 heterocycles. The number of hydrogen-bond donors (Lipinski definition) is 1. The molecule has 0 aromatic heterocycles. The SMILES string of the molecule is C=C/C=C(\C=C)c1cccc2c1OC(NCC(F)F)=CC(=O)C2.CC.CF. The van der Waals surface area contributed by atoms with Crippen molar-refractivity contribution < 1.29 is 22.7 Å². The average Bonchev–Trinajstić information content (AvgIpc) is 2.85. The number of fused-ring (bicyclic) bond motifs is 1. The Bertz CT molecular complexity index is 695. The summed E-state index contributed by atoms with van der Waals surface area (Å²) in [6.45, 7) is 10.8. The molecule has 0 spiro atoms. The molecule has 0 saturated carbocycles. The predicted octanol–water partition coefficient (Wildman–Crippen LogP) is 5.25. The van der Waals surface area contributed by atoms with Gasteiger partial charge in [-0.25, -0.2) is 8.78 Å². The van der Waals surface area contributed by atoms with Gasteiger partial charge < -0.3 is 10.1 Å². The summed E-state index contributed by atoms with van der Waals surface area (Å²) in [6.07, 6.45) is 3.82. The zero-order valence-electron chi connectivity index (χ0n) is 15.9. The lowest BCUT2D eigenvalue weighted by Gasteiger charge is -2.16. The third-order valence-corrected chi connectivity index (χ3v) is 3.22. The van der Waals surface area contributed by atoms with Crippen LogP contribution in [0.15, 0.2) is 61.5 Å². The van der Waals surface area contributed by atoms with Crippen LogP contribution in [0.4, 0.5) is 13.2 Å². The molecule has 0 radical (unpaired) electrons.